The van der Waals surface area contributed by atoms with Crippen LogP contribution in [0.1, 0.15) is 29.7 Å². The van der Waals surface area contributed by atoms with Gasteiger partial charge in [-0.2, -0.15) is 0 Å². The number of pyridine rings is 1. The first-order valence-corrected chi connectivity index (χ1v) is 7.09. The fourth-order valence-electron chi connectivity index (χ4n) is 1.92. The van der Waals surface area contributed by atoms with E-state index >= 15 is 0 Å². The smallest absolute Gasteiger partial charge is 0.0569 e. The molecule has 0 aliphatic carbocycles. The summed E-state index contributed by atoms with van der Waals surface area (Å²) in [4.78, 5) is 5.44. The summed E-state index contributed by atoms with van der Waals surface area (Å²) in [6.07, 6.45) is 3.65. The summed E-state index contributed by atoms with van der Waals surface area (Å²) in [7, 11) is 0. The number of nitrogens with two attached hydrogens (primary N) is 1. The first-order chi connectivity index (χ1) is 8.72. The molecule has 0 aliphatic rings. The second-order valence-electron chi connectivity index (χ2n) is 4.21. The van der Waals surface area contributed by atoms with Crippen LogP contribution < -0.4 is 5.73 Å². The van der Waals surface area contributed by atoms with Gasteiger partial charge in [0, 0.05) is 17.3 Å². The van der Waals surface area contributed by atoms with E-state index in [1.165, 1.54) is 10.5 Å². The van der Waals surface area contributed by atoms with Crippen molar-refractivity contribution >= 4 is 11.8 Å². The number of hydrogen-bond acceptors (Lipinski definition) is 3. The van der Waals surface area contributed by atoms with Crippen molar-refractivity contribution in [2.75, 3.05) is 5.75 Å². The maximum atomic E-state index is 6.29. The molecule has 0 aliphatic heterocycles. The highest BCUT2D eigenvalue weighted by molar-refractivity contribution is 7.99. The molecule has 2 aromatic rings. The third-order valence-electron chi connectivity index (χ3n) is 2.96. The lowest BCUT2D eigenvalue weighted by atomic mass is 9.98. The molecule has 1 unspecified atom stereocenters. The van der Waals surface area contributed by atoms with E-state index in [0.29, 0.717) is 0 Å². The highest BCUT2D eigenvalue weighted by atomic mass is 32.2. The Labute approximate surface area is 113 Å². The van der Waals surface area contributed by atoms with Crippen LogP contribution >= 0.6 is 11.8 Å². The van der Waals surface area contributed by atoms with Crippen molar-refractivity contribution in [2.24, 2.45) is 5.73 Å². The quantitative estimate of drug-likeness (QED) is 0.852. The Morgan fingerprint density at radius 2 is 1.94 bits per heavy atom. The van der Waals surface area contributed by atoms with E-state index in [4.69, 9.17) is 5.73 Å². The number of thioether (sulfide) groups is 1. The Hall–Kier alpha value is -1.32. The molecule has 94 valence electrons. The Bertz CT molecular complexity index is 508. The van der Waals surface area contributed by atoms with Gasteiger partial charge in [-0.05, 0) is 47.6 Å². The van der Waals surface area contributed by atoms with Crippen molar-refractivity contribution in [3.8, 4) is 0 Å². The largest absolute Gasteiger partial charge is 0.320 e. The predicted octanol–water partition coefficient (Wildman–Crippen LogP) is 3.55. The van der Waals surface area contributed by atoms with Crippen molar-refractivity contribution in [1.82, 2.24) is 4.98 Å². The van der Waals surface area contributed by atoms with E-state index in [1.54, 1.807) is 6.20 Å². The normalized spacial score (nSPS) is 12.4. The van der Waals surface area contributed by atoms with E-state index in [-0.39, 0.29) is 6.04 Å². The van der Waals surface area contributed by atoms with Crippen molar-refractivity contribution in [1.29, 1.82) is 0 Å². The van der Waals surface area contributed by atoms with Crippen LogP contribution in [0, 0.1) is 6.92 Å². The van der Waals surface area contributed by atoms with Crippen molar-refractivity contribution < 1.29 is 0 Å². The molecule has 0 radical (unpaired) electrons. The summed E-state index contributed by atoms with van der Waals surface area (Å²) in [5.74, 6) is 1.09. The molecule has 2 rings (SSSR count). The molecule has 1 atom stereocenters. The minimum Gasteiger partial charge on any atom is -0.320 e. The number of benzene rings is 1. The monoisotopic (exact) mass is 258 g/mol. The average molecular weight is 258 g/mol. The maximum absolute atomic E-state index is 6.29. The minimum absolute atomic E-state index is 0.0978. The van der Waals surface area contributed by atoms with Gasteiger partial charge in [0.2, 0.25) is 0 Å². The molecule has 0 spiro atoms. The molecule has 0 bridgehead atoms. The van der Waals surface area contributed by atoms with Gasteiger partial charge < -0.3 is 5.73 Å². The number of nitrogens with zero attached hydrogens (tertiary/aromatic N) is 1. The highest BCUT2D eigenvalue weighted by Crippen LogP contribution is 2.24. The lowest BCUT2D eigenvalue weighted by Crippen LogP contribution is -2.13. The summed E-state index contributed by atoms with van der Waals surface area (Å²) in [6, 6.07) is 10.4. The molecule has 0 amide bonds. The summed E-state index contributed by atoms with van der Waals surface area (Å²) in [5, 5.41) is 0. The van der Waals surface area contributed by atoms with Crippen molar-refractivity contribution in [3.63, 3.8) is 0 Å². The molecule has 0 saturated carbocycles. The second kappa shape index (κ2) is 6.03. The van der Waals surface area contributed by atoms with E-state index in [1.807, 2.05) is 24.0 Å². The lowest BCUT2D eigenvalue weighted by molar-refractivity contribution is 0.851. The third kappa shape index (κ3) is 2.92. The first kappa shape index (κ1) is 13.1. The summed E-state index contributed by atoms with van der Waals surface area (Å²) in [6.45, 7) is 4.22. The Balaban J connectivity index is 2.23. The van der Waals surface area contributed by atoms with Gasteiger partial charge in [0.25, 0.3) is 0 Å². The fraction of sp³-hybridized carbons (Fsp3) is 0.267. The van der Waals surface area contributed by atoms with E-state index in [0.717, 1.165) is 16.9 Å². The molecule has 0 fully saturated rings. The third-order valence-corrected chi connectivity index (χ3v) is 3.86. The van der Waals surface area contributed by atoms with Gasteiger partial charge in [-0.25, -0.2) is 0 Å². The molecule has 2 N–H and O–H groups in total. The molecule has 1 heterocycles. The van der Waals surface area contributed by atoms with Crippen LogP contribution in [0.4, 0.5) is 0 Å². The van der Waals surface area contributed by atoms with Gasteiger partial charge >= 0.3 is 0 Å². The van der Waals surface area contributed by atoms with Crippen LogP contribution in [0.2, 0.25) is 0 Å². The predicted molar refractivity (Wildman–Crippen MR) is 77.8 cm³/mol. The summed E-state index contributed by atoms with van der Waals surface area (Å²) in [5.41, 5.74) is 9.70. The molecule has 2 nitrogen and oxygen atoms in total. The molecular formula is C15H18N2S. The van der Waals surface area contributed by atoms with Gasteiger partial charge in [-0.3, -0.25) is 4.98 Å². The van der Waals surface area contributed by atoms with Gasteiger partial charge in [-0.15, -0.1) is 11.8 Å². The van der Waals surface area contributed by atoms with Crippen LogP contribution in [-0.4, -0.2) is 10.7 Å². The van der Waals surface area contributed by atoms with Gasteiger partial charge in [-0.1, -0.05) is 19.1 Å². The molecule has 1 aromatic carbocycles. The SMILES string of the molecule is CCSc1ccc(C(N)c2cnccc2C)cc1. The van der Waals surface area contributed by atoms with Gasteiger partial charge in [0.15, 0.2) is 0 Å². The lowest BCUT2D eigenvalue weighted by Gasteiger charge is -2.14. The Kier molecular flexibility index (Phi) is 4.39. The van der Waals surface area contributed by atoms with Gasteiger partial charge in [0.1, 0.15) is 0 Å². The Morgan fingerprint density at radius 1 is 1.22 bits per heavy atom. The highest BCUT2D eigenvalue weighted by Gasteiger charge is 2.11. The van der Waals surface area contributed by atoms with Crippen molar-refractivity contribution in [2.45, 2.75) is 24.8 Å². The van der Waals surface area contributed by atoms with Crippen LogP contribution in [-0.2, 0) is 0 Å². The number of hydrogen-bond donors (Lipinski definition) is 1. The van der Waals surface area contributed by atoms with Crippen LogP contribution in [0.25, 0.3) is 0 Å². The van der Waals surface area contributed by atoms with E-state index in [9.17, 15) is 0 Å². The number of aromatic nitrogens is 1. The fourth-order valence-corrected chi connectivity index (χ4v) is 2.58. The molecule has 0 saturated heterocycles. The summed E-state index contributed by atoms with van der Waals surface area (Å²) >= 11 is 1.84. The minimum atomic E-state index is -0.0978. The van der Waals surface area contributed by atoms with E-state index in [2.05, 4.69) is 43.1 Å². The van der Waals surface area contributed by atoms with Crippen LogP contribution in [0.15, 0.2) is 47.6 Å². The van der Waals surface area contributed by atoms with Gasteiger partial charge in [0.05, 0.1) is 6.04 Å². The zero-order chi connectivity index (χ0) is 13.0. The van der Waals surface area contributed by atoms with E-state index < -0.39 is 0 Å². The summed E-state index contributed by atoms with van der Waals surface area (Å²) < 4.78 is 0. The number of rotatable bonds is 4. The Morgan fingerprint density at radius 3 is 2.56 bits per heavy atom. The zero-order valence-electron chi connectivity index (χ0n) is 10.8. The molecule has 18 heavy (non-hydrogen) atoms. The molecular weight excluding hydrogens is 240 g/mol. The van der Waals surface area contributed by atoms with Crippen LogP contribution in [0.3, 0.4) is 0 Å². The standard InChI is InChI=1S/C15H18N2S/c1-3-18-13-6-4-12(5-7-13)15(16)14-10-17-9-8-11(14)2/h4-10,15H,3,16H2,1-2H3. The topological polar surface area (TPSA) is 38.9 Å². The first-order valence-electron chi connectivity index (χ1n) is 6.11. The molecule has 1 aromatic heterocycles. The zero-order valence-corrected chi connectivity index (χ0v) is 11.6. The maximum Gasteiger partial charge on any atom is 0.0569 e. The average Bonchev–Trinajstić information content (AvgIpc) is 2.40. The number of aryl methyl sites for hydroxylation is 1. The van der Waals surface area contributed by atoms with Crippen LogP contribution in [0.5, 0.6) is 0 Å². The van der Waals surface area contributed by atoms with Crippen molar-refractivity contribution in [3.05, 3.63) is 59.4 Å². The second-order valence-corrected chi connectivity index (χ2v) is 5.55. The molecule has 3 heteroatoms.